The number of amides is 1. The van der Waals surface area contributed by atoms with E-state index in [0.29, 0.717) is 11.1 Å². The van der Waals surface area contributed by atoms with Crippen molar-refractivity contribution in [1.82, 2.24) is 5.32 Å². The van der Waals surface area contributed by atoms with E-state index < -0.39 is 10.0 Å². The van der Waals surface area contributed by atoms with Crippen molar-refractivity contribution in [3.05, 3.63) is 64.7 Å². The lowest BCUT2D eigenvalue weighted by atomic mass is 10.1. The lowest BCUT2D eigenvalue weighted by Crippen LogP contribution is -2.27. The number of benzene rings is 2. The Bertz CT molecular complexity index is 824. The first kappa shape index (κ1) is 17.2. The summed E-state index contributed by atoms with van der Waals surface area (Å²) in [7, 11) is -3.76. The maximum absolute atomic E-state index is 12.4. The van der Waals surface area contributed by atoms with Crippen molar-refractivity contribution >= 4 is 15.9 Å². The van der Waals surface area contributed by atoms with Crippen molar-refractivity contribution in [2.75, 3.05) is 0 Å². The number of carbonyl (C=O) groups is 1. The van der Waals surface area contributed by atoms with Crippen LogP contribution in [0.25, 0.3) is 0 Å². The molecule has 0 aliphatic rings. The number of carbonyl (C=O) groups excluding carboxylic acids is 1. The third kappa shape index (κ3) is 4.40. The molecule has 0 radical (unpaired) electrons. The molecule has 23 heavy (non-hydrogen) atoms. The molecule has 0 bridgehead atoms. The minimum absolute atomic E-state index is 0.0301. The summed E-state index contributed by atoms with van der Waals surface area (Å²) in [4.78, 5) is 12.4. The molecular weight excluding hydrogens is 312 g/mol. The van der Waals surface area contributed by atoms with E-state index >= 15 is 0 Å². The van der Waals surface area contributed by atoms with Crippen molar-refractivity contribution in [1.29, 1.82) is 0 Å². The summed E-state index contributed by atoms with van der Waals surface area (Å²) in [5.74, 6) is -0.203. The van der Waals surface area contributed by atoms with Gasteiger partial charge < -0.3 is 5.32 Å². The Kier molecular flexibility index (Phi) is 4.87. The van der Waals surface area contributed by atoms with Gasteiger partial charge in [-0.2, -0.15) is 0 Å². The maximum Gasteiger partial charge on any atom is 0.251 e. The Labute approximate surface area is 136 Å². The summed E-state index contributed by atoms with van der Waals surface area (Å²) >= 11 is 0. The van der Waals surface area contributed by atoms with Gasteiger partial charge in [-0.15, -0.1) is 0 Å². The lowest BCUT2D eigenvalue weighted by Gasteiger charge is -2.15. The number of aryl methyl sites for hydroxylation is 2. The monoisotopic (exact) mass is 332 g/mol. The molecule has 0 heterocycles. The highest BCUT2D eigenvalue weighted by molar-refractivity contribution is 7.89. The molecule has 1 atom stereocenters. The Morgan fingerprint density at radius 2 is 1.70 bits per heavy atom. The predicted molar refractivity (Wildman–Crippen MR) is 89.6 cm³/mol. The normalized spacial score (nSPS) is 12.7. The average Bonchev–Trinajstić information content (AvgIpc) is 2.45. The first-order valence-corrected chi connectivity index (χ1v) is 8.73. The molecule has 0 saturated carbocycles. The van der Waals surface area contributed by atoms with E-state index in [-0.39, 0.29) is 16.8 Å². The standard InChI is InChI=1S/C17H20N2O3S/c1-11-7-12(2)9-15(8-11)17(20)19-13(3)14-5-4-6-16(10-14)23(18,21)22/h4-10,13H,1-3H3,(H,19,20)(H2,18,21,22). The Balaban J connectivity index is 2.21. The van der Waals surface area contributed by atoms with Crippen LogP contribution in [0.5, 0.6) is 0 Å². The third-order valence-corrected chi connectivity index (χ3v) is 4.43. The largest absolute Gasteiger partial charge is 0.346 e. The molecule has 0 saturated heterocycles. The summed E-state index contributed by atoms with van der Waals surface area (Å²) in [6, 6.07) is 11.5. The molecule has 6 heteroatoms. The van der Waals surface area contributed by atoms with Crippen molar-refractivity contribution in [3.8, 4) is 0 Å². The molecular formula is C17H20N2O3S. The van der Waals surface area contributed by atoms with Gasteiger partial charge in [-0.25, -0.2) is 13.6 Å². The van der Waals surface area contributed by atoms with Gasteiger partial charge in [-0.1, -0.05) is 29.3 Å². The second-order valence-electron chi connectivity index (χ2n) is 5.69. The van der Waals surface area contributed by atoms with E-state index in [1.807, 2.05) is 32.0 Å². The molecule has 1 amide bonds. The Morgan fingerprint density at radius 3 is 2.26 bits per heavy atom. The van der Waals surface area contributed by atoms with E-state index in [1.165, 1.54) is 12.1 Å². The van der Waals surface area contributed by atoms with Crippen LogP contribution in [0, 0.1) is 13.8 Å². The molecule has 2 rings (SSSR count). The molecule has 0 aromatic heterocycles. The molecule has 1 unspecified atom stereocenters. The fourth-order valence-electron chi connectivity index (χ4n) is 2.43. The molecule has 122 valence electrons. The number of sulfonamides is 1. The minimum Gasteiger partial charge on any atom is -0.346 e. The van der Waals surface area contributed by atoms with Crippen LogP contribution in [0.15, 0.2) is 47.4 Å². The van der Waals surface area contributed by atoms with Crippen molar-refractivity contribution in [3.63, 3.8) is 0 Å². The van der Waals surface area contributed by atoms with Crippen LogP contribution in [-0.2, 0) is 10.0 Å². The van der Waals surface area contributed by atoms with Gasteiger partial charge >= 0.3 is 0 Å². The van der Waals surface area contributed by atoms with E-state index in [4.69, 9.17) is 5.14 Å². The van der Waals surface area contributed by atoms with Gasteiger partial charge in [-0.05, 0) is 50.6 Å². The fourth-order valence-corrected chi connectivity index (χ4v) is 3.00. The zero-order chi connectivity index (χ0) is 17.2. The second-order valence-corrected chi connectivity index (χ2v) is 7.25. The van der Waals surface area contributed by atoms with E-state index in [1.54, 1.807) is 19.1 Å². The highest BCUT2D eigenvalue weighted by atomic mass is 32.2. The third-order valence-electron chi connectivity index (χ3n) is 3.52. The van der Waals surface area contributed by atoms with Crippen molar-refractivity contribution < 1.29 is 13.2 Å². The van der Waals surface area contributed by atoms with Gasteiger partial charge in [0.1, 0.15) is 0 Å². The van der Waals surface area contributed by atoms with Crippen LogP contribution in [0.2, 0.25) is 0 Å². The van der Waals surface area contributed by atoms with Gasteiger partial charge in [-0.3, -0.25) is 4.79 Å². The molecule has 0 fully saturated rings. The van der Waals surface area contributed by atoms with Gasteiger partial charge in [0, 0.05) is 5.56 Å². The fraction of sp³-hybridized carbons (Fsp3) is 0.235. The Hall–Kier alpha value is -2.18. The zero-order valence-electron chi connectivity index (χ0n) is 13.3. The number of primary sulfonamides is 1. The lowest BCUT2D eigenvalue weighted by molar-refractivity contribution is 0.0939. The molecule has 0 spiro atoms. The summed E-state index contributed by atoms with van der Waals surface area (Å²) in [5, 5.41) is 8.01. The summed E-state index contributed by atoms with van der Waals surface area (Å²) < 4.78 is 22.8. The Morgan fingerprint density at radius 1 is 1.09 bits per heavy atom. The van der Waals surface area contributed by atoms with Crippen LogP contribution in [0.4, 0.5) is 0 Å². The van der Waals surface area contributed by atoms with Crippen LogP contribution >= 0.6 is 0 Å². The summed E-state index contributed by atoms with van der Waals surface area (Å²) in [5.41, 5.74) is 3.28. The van der Waals surface area contributed by atoms with Gasteiger partial charge in [0.15, 0.2) is 0 Å². The van der Waals surface area contributed by atoms with E-state index in [9.17, 15) is 13.2 Å². The molecule has 5 nitrogen and oxygen atoms in total. The van der Waals surface area contributed by atoms with Crippen LogP contribution in [-0.4, -0.2) is 14.3 Å². The molecule has 3 N–H and O–H groups in total. The van der Waals surface area contributed by atoms with Gasteiger partial charge in [0.25, 0.3) is 5.91 Å². The first-order valence-electron chi connectivity index (χ1n) is 7.19. The number of nitrogens with one attached hydrogen (secondary N) is 1. The number of hydrogen-bond acceptors (Lipinski definition) is 3. The van der Waals surface area contributed by atoms with Crippen LogP contribution in [0.3, 0.4) is 0 Å². The topological polar surface area (TPSA) is 89.3 Å². The van der Waals surface area contributed by atoms with Crippen molar-refractivity contribution in [2.45, 2.75) is 31.7 Å². The van der Waals surface area contributed by atoms with Crippen molar-refractivity contribution in [2.24, 2.45) is 5.14 Å². The van der Waals surface area contributed by atoms with Crippen LogP contribution in [0.1, 0.15) is 40.0 Å². The smallest absolute Gasteiger partial charge is 0.251 e. The number of rotatable bonds is 4. The number of nitrogens with two attached hydrogens (primary N) is 1. The predicted octanol–water partition coefficient (Wildman–Crippen LogP) is 2.44. The second kappa shape index (κ2) is 6.52. The minimum atomic E-state index is -3.76. The molecule has 2 aromatic carbocycles. The quantitative estimate of drug-likeness (QED) is 0.901. The zero-order valence-corrected chi connectivity index (χ0v) is 14.1. The number of hydrogen-bond donors (Lipinski definition) is 2. The summed E-state index contributed by atoms with van der Waals surface area (Å²) in [6.45, 7) is 5.66. The summed E-state index contributed by atoms with van der Waals surface area (Å²) in [6.07, 6.45) is 0. The van der Waals surface area contributed by atoms with E-state index in [2.05, 4.69) is 5.32 Å². The van der Waals surface area contributed by atoms with Gasteiger partial charge in [0.05, 0.1) is 10.9 Å². The van der Waals surface area contributed by atoms with Crippen LogP contribution < -0.4 is 10.5 Å². The molecule has 0 aliphatic heterocycles. The average molecular weight is 332 g/mol. The maximum atomic E-state index is 12.4. The molecule has 2 aromatic rings. The SMILES string of the molecule is Cc1cc(C)cc(C(=O)NC(C)c2cccc(S(N)(=O)=O)c2)c1. The van der Waals surface area contributed by atoms with Gasteiger partial charge in [0.2, 0.25) is 10.0 Å². The highest BCUT2D eigenvalue weighted by Gasteiger charge is 2.14. The van der Waals surface area contributed by atoms with E-state index in [0.717, 1.165) is 11.1 Å². The highest BCUT2D eigenvalue weighted by Crippen LogP contribution is 2.18. The molecule has 0 aliphatic carbocycles. The first-order chi connectivity index (χ1) is 10.7.